The highest BCUT2D eigenvalue weighted by molar-refractivity contribution is 5.92. The van der Waals surface area contributed by atoms with Crippen LogP contribution in [0.5, 0.6) is 0 Å². The van der Waals surface area contributed by atoms with Crippen molar-refractivity contribution in [3.8, 4) is 33.6 Å². The molecule has 0 saturated heterocycles. The van der Waals surface area contributed by atoms with Crippen molar-refractivity contribution >= 4 is 23.6 Å². The minimum Gasteiger partial charge on any atom is -0.344 e. The van der Waals surface area contributed by atoms with E-state index >= 15 is 0 Å². The third-order valence-corrected chi connectivity index (χ3v) is 10.9. The molecular weight excluding hydrogens is 705 g/mol. The Morgan fingerprint density at radius 2 is 0.804 bits per heavy atom. The molecule has 2 aromatic carbocycles. The second-order valence-corrected chi connectivity index (χ2v) is 18.1. The van der Waals surface area contributed by atoms with Crippen LogP contribution in [0.25, 0.3) is 33.6 Å². The average molecular weight is 767 g/mol. The lowest BCUT2D eigenvalue weighted by Crippen LogP contribution is -2.60. The summed E-state index contributed by atoms with van der Waals surface area (Å²) in [5.74, 6) is -0.0702. The van der Waals surface area contributed by atoms with Crippen molar-refractivity contribution in [2.24, 2.45) is 22.7 Å². The lowest BCUT2D eigenvalue weighted by atomic mass is 9.83. The molecule has 12 nitrogen and oxygen atoms in total. The molecule has 0 spiro atoms. The van der Waals surface area contributed by atoms with Crippen molar-refractivity contribution in [1.82, 2.24) is 41.2 Å². The largest absolute Gasteiger partial charge is 0.344 e. The van der Waals surface area contributed by atoms with Gasteiger partial charge in [0.05, 0.1) is 35.9 Å². The van der Waals surface area contributed by atoms with Crippen LogP contribution in [0, 0.1) is 22.7 Å². The molecule has 6 N–H and O–H groups in total. The summed E-state index contributed by atoms with van der Waals surface area (Å²) in [5, 5.41) is 12.0. The fraction of sp³-hybridized carbons (Fsp3) is 0.500. The van der Waals surface area contributed by atoms with Gasteiger partial charge in [-0.1, -0.05) is 118 Å². The molecule has 4 atom stereocenters. The fourth-order valence-corrected chi connectivity index (χ4v) is 6.55. The van der Waals surface area contributed by atoms with Gasteiger partial charge in [-0.2, -0.15) is 0 Å². The maximum Gasteiger partial charge on any atom is 0.246 e. The van der Waals surface area contributed by atoms with Crippen molar-refractivity contribution in [3.05, 3.63) is 72.6 Å². The zero-order valence-electron chi connectivity index (χ0n) is 35.6. The molecular formula is C44H62N8O4. The summed E-state index contributed by atoms with van der Waals surface area (Å²) < 4.78 is 0. The van der Waals surface area contributed by atoms with E-state index in [9.17, 15) is 19.2 Å². The lowest BCUT2D eigenvalue weighted by molar-refractivity contribution is -0.135. The van der Waals surface area contributed by atoms with Gasteiger partial charge in [0, 0.05) is 13.8 Å². The van der Waals surface area contributed by atoms with E-state index < -0.39 is 23.2 Å². The van der Waals surface area contributed by atoms with E-state index in [1.54, 1.807) is 26.2 Å². The van der Waals surface area contributed by atoms with Crippen LogP contribution >= 0.6 is 0 Å². The SMILES string of the molecule is CC(=O)NC(C)(C(=O)N[C@H](c1ncc(-c2ccc(-c3ccc(-c4cnc([C@@H](NC(=O)C(C)(NC(C)=O)C(C)C)C(C)(C)C)[nH]4)cc3)cc2)[nH]1)C(C)(C)C)C(C)C. The fourth-order valence-electron chi connectivity index (χ4n) is 6.55. The van der Waals surface area contributed by atoms with Crippen LogP contribution in [0.3, 0.4) is 0 Å². The predicted molar refractivity (Wildman–Crippen MR) is 222 cm³/mol. The quantitative estimate of drug-likeness (QED) is 0.0816. The van der Waals surface area contributed by atoms with E-state index in [0.717, 1.165) is 33.6 Å². The van der Waals surface area contributed by atoms with E-state index in [2.05, 4.69) is 65.5 Å². The van der Waals surface area contributed by atoms with Gasteiger partial charge in [-0.25, -0.2) is 9.97 Å². The number of nitrogens with one attached hydrogen (secondary N) is 6. The molecule has 4 amide bonds. The first-order valence-corrected chi connectivity index (χ1v) is 19.4. The van der Waals surface area contributed by atoms with Crippen LogP contribution < -0.4 is 21.3 Å². The Bertz CT molecular complexity index is 1870. The summed E-state index contributed by atoms with van der Waals surface area (Å²) in [4.78, 5) is 67.4. The molecule has 2 aromatic heterocycles. The Balaban J connectivity index is 1.51. The summed E-state index contributed by atoms with van der Waals surface area (Å²) in [6.45, 7) is 26.2. The molecule has 0 saturated carbocycles. The molecule has 4 aromatic rings. The van der Waals surface area contributed by atoms with Crippen molar-refractivity contribution in [2.75, 3.05) is 0 Å². The predicted octanol–water partition coefficient (Wildman–Crippen LogP) is 7.64. The summed E-state index contributed by atoms with van der Waals surface area (Å²) in [5.41, 5.74) is 2.71. The van der Waals surface area contributed by atoms with E-state index in [4.69, 9.17) is 0 Å². The molecule has 0 aliphatic rings. The Labute approximate surface area is 332 Å². The summed E-state index contributed by atoms with van der Waals surface area (Å²) >= 11 is 0. The highest BCUT2D eigenvalue weighted by Gasteiger charge is 2.42. The number of benzene rings is 2. The van der Waals surface area contributed by atoms with Crippen molar-refractivity contribution in [1.29, 1.82) is 0 Å². The Morgan fingerprint density at radius 3 is 1.05 bits per heavy atom. The number of nitrogens with zero attached hydrogens (tertiary/aromatic N) is 2. The second kappa shape index (κ2) is 16.5. The van der Waals surface area contributed by atoms with E-state index in [-0.39, 0.29) is 46.3 Å². The van der Waals surface area contributed by atoms with Gasteiger partial charge in [0.1, 0.15) is 22.7 Å². The summed E-state index contributed by atoms with van der Waals surface area (Å²) in [7, 11) is 0. The average Bonchev–Trinajstić information content (AvgIpc) is 3.78. The van der Waals surface area contributed by atoms with Crippen LogP contribution in [0.15, 0.2) is 60.9 Å². The van der Waals surface area contributed by atoms with Crippen LogP contribution in [0.4, 0.5) is 0 Å². The van der Waals surface area contributed by atoms with Gasteiger partial charge >= 0.3 is 0 Å². The third kappa shape index (κ3) is 9.75. The van der Waals surface area contributed by atoms with Gasteiger partial charge in [0.15, 0.2) is 0 Å². The maximum absolute atomic E-state index is 13.6. The van der Waals surface area contributed by atoms with E-state index in [0.29, 0.717) is 11.6 Å². The Kier molecular flexibility index (Phi) is 12.8. The Hall–Kier alpha value is -5.26. The maximum atomic E-state index is 13.6. The number of carbonyl (C=O) groups is 4. The molecule has 0 fully saturated rings. The normalized spacial score (nSPS) is 15.4. The molecule has 0 aliphatic heterocycles. The van der Waals surface area contributed by atoms with Gasteiger partial charge in [-0.3, -0.25) is 19.2 Å². The molecule has 2 unspecified atom stereocenters. The summed E-state index contributed by atoms with van der Waals surface area (Å²) in [6.07, 6.45) is 3.56. The number of H-pyrrole nitrogens is 2. The Morgan fingerprint density at radius 1 is 0.518 bits per heavy atom. The van der Waals surface area contributed by atoms with Crippen LogP contribution in [0.1, 0.15) is 121 Å². The van der Waals surface area contributed by atoms with Crippen LogP contribution in [-0.2, 0) is 19.2 Å². The lowest BCUT2D eigenvalue weighted by Gasteiger charge is -2.37. The molecule has 0 bridgehead atoms. The molecule has 4 rings (SSSR count). The zero-order valence-corrected chi connectivity index (χ0v) is 35.6. The molecule has 12 heteroatoms. The minimum absolute atomic E-state index is 0.135. The van der Waals surface area contributed by atoms with E-state index in [1.807, 2.05) is 93.5 Å². The van der Waals surface area contributed by atoms with E-state index in [1.165, 1.54) is 13.8 Å². The monoisotopic (exact) mass is 766 g/mol. The minimum atomic E-state index is -1.08. The number of hydrogen-bond acceptors (Lipinski definition) is 6. The zero-order chi connectivity index (χ0) is 42.0. The van der Waals surface area contributed by atoms with Gasteiger partial charge in [0.2, 0.25) is 23.6 Å². The third-order valence-electron chi connectivity index (χ3n) is 10.9. The summed E-state index contributed by atoms with van der Waals surface area (Å²) in [6, 6.07) is 15.5. The molecule has 302 valence electrons. The number of hydrogen-bond donors (Lipinski definition) is 6. The number of aromatic amines is 2. The standard InChI is InChI=1S/C44H62N8O4/c1-25(2)43(13,51-27(5)53)39(55)49-35(41(7,8)9)37-45-23-33(47-37)31-19-15-29(16-20-31)30-17-21-32(22-18-30)34-24-46-38(48-34)36(42(10,11)12)50-40(56)44(14,26(3)4)52-28(6)54/h15-26,35-36H,1-14H3,(H,45,47)(H,46,48)(H,49,55)(H,50,56)(H,51,53)(H,52,54)/t35-,36-,43?,44?/m1/s1. The molecule has 0 aliphatic carbocycles. The van der Waals surface area contributed by atoms with Crippen LogP contribution in [-0.4, -0.2) is 54.6 Å². The van der Waals surface area contributed by atoms with Crippen molar-refractivity contribution in [3.63, 3.8) is 0 Å². The van der Waals surface area contributed by atoms with Gasteiger partial charge in [-0.15, -0.1) is 0 Å². The van der Waals surface area contributed by atoms with Gasteiger partial charge in [0.25, 0.3) is 0 Å². The first-order valence-electron chi connectivity index (χ1n) is 19.4. The number of amides is 4. The number of imidazole rings is 2. The topological polar surface area (TPSA) is 174 Å². The first kappa shape index (κ1) is 43.5. The highest BCUT2D eigenvalue weighted by atomic mass is 16.2. The second-order valence-electron chi connectivity index (χ2n) is 18.1. The molecule has 0 radical (unpaired) electrons. The number of aromatic nitrogens is 4. The van der Waals surface area contributed by atoms with Crippen molar-refractivity contribution in [2.45, 2.75) is 120 Å². The molecule has 2 heterocycles. The highest BCUT2D eigenvalue weighted by Crippen LogP contribution is 2.36. The number of rotatable bonds is 13. The molecule has 56 heavy (non-hydrogen) atoms. The smallest absolute Gasteiger partial charge is 0.246 e. The van der Waals surface area contributed by atoms with Gasteiger partial charge < -0.3 is 31.2 Å². The van der Waals surface area contributed by atoms with Crippen LogP contribution in [0.2, 0.25) is 0 Å². The number of carbonyl (C=O) groups excluding carboxylic acids is 4. The van der Waals surface area contributed by atoms with Gasteiger partial charge in [-0.05, 0) is 58.8 Å². The van der Waals surface area contributed by atoms with Crippen molar-refractivity contribution < 1.29 is 19.2 Å². The first-order chi connectivity index (χ1) is 25.9.